The molecule has 262 valence electrons. The van der Waals surface area contributed by atoms with Gasteiger partial charge in [0.25, 0.3) is 0 Å². The van der Waals surface area contributed by atoms with Crippen LogP contribution in [0, 0.1) is 46.3 Å². The van der Waals surface area contributed by atoms with Gasteiger partial charge in [0.1, 0.15) is 18.3 Å². The molecule has 0 unspecified atom stereocenters. The molecular formula is C32H56O12S. The molecular weight excluding hydrogens is 608 g/mol. The summed E-state index contributed by atoms with van der Waals surface area (Å²) in [7, 11) is -4.93. The SMILES string of the molecule is CC(C)[C@H](CC[C@@H](C)[C@H]1C[C@H](O)[C@@H]2[C@]1(C)CC[C@@H]1[C@@]3(C)CC[C@H](O)C[C@H]3[C@@H](O)C[C@]12O)O[C@@H]1OC[C@@H](O)[C@H](OS(=O)(=O)O)[C@H]1O. The first kappa shape index (κ1) is 35.8. The zero-order chi connectivity index (χ0) is 33.3. The quantitative estimate of drug-likeness (QED) is 0.176. The first-order valence-corrected chi connectivity index (χ1v) is 18.2. The third-order valence-corrected chi connectivity index (χ3v) is 13.5. The smallest absolute Gasteiger partial charge is 0.393 e. The van der Waals surface area contributed by atoms with Gasteiger partial charge in [-0.2, -0.15) is 8.42 Å². The minimum absolute atomic E-state index is 0.000809. The van der Waals surface area contributed by atoms with Crippen molar-refractivity contribution in [2.75, 3.05) is 6.61 Å². The van der Waals surface area contributed by atoms with E-state index in [4.69, 9.17) is 14.0 Å². The molecule has 7 N–H and O–H groups in total. The highest BCUT2D eigenvalue weighted by Crippen LogP contribution is 2.69. The van der Waals surface area contributed by atoms with Crippen molar-refractivity contribution in [2.24, 2.45) is 46.3 Å². The van der Waals surface area contributed by atoms with Crippen molar-refractivity contribution in [3.05, 3.63) is 0 Å². The second kappa shape index (κ2) is 12.8. The molecule has 1 aliphatic heterocycles. The van der Waals surface area contributed by atoms with Crippen LogP contribution < -0.4 is 0 Å². The Morgan fingerprint density at radius 1 is 0.911 bits per heavy atom. The Labute approximate surface area is 267 Å². The Bertz CT molecular complexity index is 1150. The van der Waals surface area contributed by atoms with Crippen molar-refractivity contribution in [2.45, 2.75) is 147 Å². The Morgan fingerprint density at radius 3 is 2.22 bits per heavy atom. The molecule has 0 aromatic rings. The van der Waals surface area contributed by atoms with E-state index in [1.807, 2.05) is 13.8 Å². The number of hydrogen-bond acceptors (Lipinski definition) is 11. The molecule has 0 aromatic heterocycles. The van der Waals surface area contributed by atoms with Crippen LogP contribution in [0.5, 0.6) is 0 Å². The molecule has 16 atom stereocenters. The Balaban J connectivity index is 1.27. The van der Waals surface area contributed by atoms with Crippen LogP contribution in [-0.2, 0) is 24.1 Å². The summed E-state index contributed by atoms with van der Waals surface area (Å²) < 4.78 is 47.7. The third-order valence-electron chi connectivity index (χ3n) is 13.0. The Morgan fingerprint density at radius 2 is 1.58 bits per heavy atom. The summed E-state index contributed by atoms with van der Waals surface area (Å²) in [6.45, 7) is 10.1. The van der Waals surface area contributed by atoms with Gasteiger partial charge in [0, 0.05) is 12.3 Å². The molecule has 4 aliphatic carbocycles. The Hall–Kier alpha value is -0.450. The summed E-state index contributed by atoms with van der Waals surface area (Å²) in [6, 6.07) is 0. The lowest BCUT2D eigenvalue weighted by Crippen LogP contribution is -2.68. The van der Waals surface area contributed by atoms with Gasteiger partial charge in [-0.15, -0.1) is 0 Å². The normalized spacial score (nSPS) is 50.0. The molecule has 1 saturated heterocycles. The summed E-state index contributed by atoms with van der Waals surface area (Å²) in [5.41, 5.74) is -1.84. The van der Waals surface area contributed by atoms with Crippen LogP contribution in [0.2, 0.25) is 0 Å². The largest absolute Gasteiger partial charge is 0.397 e. The van der Waals surface area contributed by atoms with Gasteiger partial charge >= 0.3 is 10.4 Å². The first-order chi connectivity index (χ1) is 20.8. The van der Waals surface area contributed by atoms with Gasteiger partial charge in [-0.05, 0) is 91.8 Å². The van der Waals surface area contributed by atoms with Gasteiger partial charge in [-0.1, -0.05) is 34.6 Å². The molecule has 0 bridgehead atoms. The molecule has 5 fully saturated rings. The number of rotatable bonds is 9. The molecule has 13 heteroatoms. The molecule has 0 radical (unpaired) electrons. The van der Waals surface area contributed by atoms with Crippen molar-refractivity contribution in [1.29, 1.82) is 0 Å². The van der Waals surface area contributed by atoms with Crippen LogP contribution in [0.15, 0.2) is 0 Å². The van der Waals surface area contributed by atoms with E-state index in [0.717, 1.165) is 25.7 Å². The Kier molecular flexibility index (Phi) is 10.2. The number of hydrogen-bond donors (Lipinski definition) is 7. The van der Waals surface area contributed by atoms with Crippen LogP contribution >= 0.6 is 0 Å². The number of aliphatic hydroxyl groups excluding tert-OH is 5. The van der Waals surface area contributed by atoms with Crippen LogP contribution in [0.25, 0.3) is 0 Å². The second-order valence-corrected chi connectivity index (χ2v) is 17.1. The van der Waals surface area contributed by atoms with Gasteiger partial charge in [0.2, 0.25) is 0 Å². The van der Waals surface area contributed by atoms with E-state index in [0.29, 0.717) is 25.7 Å². The van der Waals surface area contributed by atoms with Crippen LogP contribution in [0.4, 0.5) is 0 Å². The van der Waals surface area contributed by atoms with E-state index >= 15 is 0 Å². The van der Waals surface area contributed by atoms with E-state index in [-0.39, 0.29) is 59.4 Å². The van der Waals surface area contributed by atoms with Gasteiger partial charge in [0.15, 0.2) is 6.29 Å². The fourth-order valence-corrected chi connectivity index (χ4v) is 11.4. The predicted octanol–water partition coefficient (Wildman–Crippen LogP) is 1.79. The lowest BCUT2D eigenvalue weighted by atomic mass is 9.42. The molecule has 0 aromatic carbocycles. The second-order valence-electron chi connectivity index (χ2n) is 16.0. The molecule has 5 rings (SSSR count). The number of fused-ring (bicyclic) bond motifs is 5. The maximum absolute atomic E-state index is 12.5. The maximum atomic E-state index is 12.5. The van der Waals surface area contributed by atoms with E-state index < -0.39 is 65.0 Å². The minimum Gasteiger partial charge on any atom is -0.393 e. The van der Waals surface area contributed by atoms with Gasteiger partial charge in [-0.3, -0.25) is 4.55 Å². The summed E-state index contributed by atoms with van der Waals surface area (Å²) in [6.07, 6.45) is -2.60. The average molecular weight is 665 g/mol. The standard InChI is InChI=1S/C32H56O12S/c1-16(2)24(43-29-26(37)27(23(36)15-42-29)44-45(39,40)41)7-6-17(3)19-13-21(34)28-31(19,5)11-9-25-30(4)10-8-18(33)12-20(30)22(35)14-32(25,28)38/h16-29,33-38H,6-15H2,1-5H3,(H,39,40,41)/t17-,18+,19-,20+,21+,22+,23-,24+,25-,26-,27+,28-,29+,30+,31-,32+/m1/s1. The topological polar surface area (TPSA) is 203 Å². The molecule has 0 amide bonds. The zero-order valence-electron chi connectivity index (χ0n) is 27.2. The van der Waals surface area contributed by atoms with Crippen molar-refractivity contribution >= 4 is 10.4 Å². The first-order valence-electron chi connectivity index (χ1n) is 16.9. The third kappa shape index (κ3) is 6.50. The lowest BCUT2D eigenvalue weighted by Gasteiger charge is -2.66. The number of ether oxygens (including phenoxy) is 2. The maximum Gasteiger partial charge on any atom is 0.397 e. The van der Waals surface area contributed by atoms with Gasteiger partial charge in [-0.25, -0.2) is 4.18 Å². The monoisotopic (exact) mass is 664 g/mol. The van der Waals surface area contributed by atoms with Crippen molar-refractivity contribution in [3.8, 4) is 0 Å². The van der Waals surface area contributed by atoms with Crippen molar-refractivity contribution < 1.29 is 57.3 Å². The summed E-state index contributed by atoms with van der Waals surface area (Å²) in [5, 5.41) is 66.6. The molecule has 4 saturated carbocycles. The van der Waals surface area contributed by atoms with E-state index in [2.05, 4.69) is 25.0 Å². The number of aliphatic hydroxyl groups is 6. The lowest BCUT2D eigenvalue weighted by molar-refractivity contribution is -0.283. The fourth-order valence-electron chi connectivity index (χ4n) is 10.9. The molecule has 0 spiro atoms. The predicted molar refractivity (Wildman–Crippen MR) is 162 cm³/mol. The highest BCUT2D eigenvalue weighted by Gasteiger charge is 2.70. The fraction of sp³-hybridized carbons (Fsp3) is 1.00. The average Bonchev–Trinajstić information content (AvgIpc) is 3.21. The van der Waals surface area contributed by atoms with E-state index in [1.54, 1.807) is 0 Å². The van der Waals surface area contributed by atoms with Crippen LogP contribution in [0.3, 0.4) is 0 Å². The van der Waals surface area contributed by atoms with E-state index in [1.165, 1.54) is 0 Å². The molecule has 45 heavy (non-hydrogen) atoms. The van der Waals surface area contributed by atoms with Crippen LogP contribution in [-0.4, -0.2) is 105 Å². The molecule has 12 nitrogen and oxygen atoms in total. The minimum atomic E-state index is -4.93. The highest BCUT2D eigenvalue weighted by molar-refractivity contribution is 7.80. The zero-order valence-corrected chi connectivity index (χ0v) is 28.1. The summed E-state index contributed by atoms with van der Waals surface area (Å²) in [4.78, 5) is 0. The van der Waals surface area contributed by atoms with Gasteiger partial charge < -0.3 is 40.1 Å². The van der Waals surface area contributed by atoms with Crippen molar-refractivity contribution in [3.63, 3.8) is 0 Å². The molecule has 1 heterocycles. The summed E-state index contributed by atoms with van der Waals surface area (Å²) in [5.74, 6) is -0.228. The van der Waals surface area contributed by atoms with Crippen LogP contribution in [0.1, 0.15) is 92.4 Å². The van der Waals surface area contributed by atoms with E-state index in [9.17, 15) is 39.1 Å². The van der Waals surface area contributed by atoms with Gasteiger partial charge in [0.05, 0.1) is 36.6 Å². The highest BCUT2D eigenvalue weighted by atomic mass is 32.3. The summed E-state index contributed by atoms with van der Waals surface area (Å²) >= 11 is 0. The molecule has 5 aliphatic rings. The van der Waals surface area contributed by atoms with Crippen molar-refractivity contribution in [1.82, 2.24) is 0 Å².